The normalized spacial score (nSPS) is 25.6. The van der Waals surface area contributed by atoms with Crippen LogP contribution in [0.4, 0.5) is 0 Å². The van der Waals surface area contributed by atoms with Crippen LogP contribution in [-0.4, -0.2) is 33.3 Å². The molecule has 104 valence electrons. The molecule has 1 aliphatic rings. The van der Waals surface area contributed by atoms with E-state index >= 15 is 0 Å². The third-order valence-electron chi connectivity index (χ3n) is 3.08. The number of sulfonamides is 1. The molecule has 4 nitrogen and oxygen atoms in total. The molecule has 0 aromatic rings. The molecule has 6 heteroatoms. The second-order valence-corrected chi connectivity index (χ2v) is 7.07. The first kappa shape index (κ1) is 17.2. The average molecular weight is 285 g/mol. The number of rotatable bonds is 5. The molecule has 1 saturated heterocycles. The second-order valence-electron chi connectivity index (χ2n) is 5.20. The Morgan fingerprint density at radius 2 is 2.06 bits per heavy atom. The van der Waals surface area contributed by atoms with E-state index in [1.807, 2.05) is 13.8 Å². The summed E-state index contributed by atoms with van der Waals surface area (Å²) in [6.07, 6.45) is 1.62. The third-order valence-corrected chi connectivity index (χ3v) is 4.52. The zero-order chi connectivity index (χ0) is 12.2. The highest BCUT2D eigenvalue weighted by Gasteiger charge is 2.25. The van der Waals surface area contributed by atoms with Crippen molar-refractivity contribution in [1.82, 2.24) is 10.0 Å². The first-order chi connectivity index (χ1) is 7.41. The zero-order valence-electron chi connectivity index (χ0n) is 10.9. The molecule has 0 saturated carbocycles. The molecule has 0 aromatic carbocycles. The summed E-state index contributed by atoms with van der Waals surface area (Å²) in [6, 6.07) is 0.110. The summed E-state index contributed by atoms with van der Waals surface area (Å²) in [6.45, 7) is 7.98. The van der Waals surface area contributed by atoms with E-state index in [1.165, 1.54) is 0 Å². The lowest BCUT2D eigenvalue weighted by atomic mass is 9.97. The molecule has 17 heavy (non-hydrogen) atoms. The Morgan fingerprint density at radius 3 is 2.59 bits per heavy atom. The molecule has 1 fully saturated rings. The topological polar surface area (TPSA) is 58.2 Å². The molecule has 1 rings (SSSR count). The fourth-order valence-electron chi connectivity index (χ4n) is 1.87. The van der Waals surface area contributed by atoms with Gasteiger partial charge in [0.1, 0.15) is 0 Å². The van der Waals surface area contributed by atoms with Crippen LogP contribution in [0.15, 0.2) is 0 Å². The van der Waals surface area contributed by atoms with E-state index in [0.717, 1.165) is 25.9 Å². The maximum atomic E-state index is 11.8. The molecule has 2 atom stereocenters. The van der Waals surface area contributed by atoms with Crippen LogP contribution in [0.5, 0.6) is 0 Å². The van der Waals surface area contributed by atoms with Crippen LogP contribution in [0.1, 0.15) is 33.6 Å². The SMILES string of the molecule is CC(C)CCS(=O)(=O)NC1CCNCC1C.Cl. The fraction of sp³-hybridized carbons (Fsp3) is 1.00. The molecule has 2 unspecified atom stereocenters. The van der Waals surface area contributed by atoms with E-state index in [0.29, 0.717) is 11.8 Å². The Hall–Kier alpha value is 0.160. The minimum atomic E-state index is -3.09. The van der Waals surface area contributed by atoms with E-state index < -0.39 is 10.0 Å². The first-order valence-corrected chi connectivity index (χ1v) is 7.76. The van der Waals surface area contributed by atoms with Gasteiger partial charge in [0.25, 0.3) is 0 Å². The van der Waals surface area contributed by atoms with Gasteiger partial charge in [0.15, 0.2) is 0 Å². The van der Waals surface area contributed by atoms with Crippen LogP contribution in [0, 0.1) is 11.8 Å². The number of hydrogen-bond acceptors (Lipinski definition) is 3. The zero-order valence-corrected chi connectivity index (χ0v) is 12.5. The van der Waals surface area contributed by atoms with Gasteiger partial charge in [-0.05, 0) is 37.8 Å². The Kier molecular flexibility index (Phi) is 7.63. The first-order valence-electron chi connectivity index (χ1n) is 6.11. The van der Waals surface area contributed by atoms with Gasteiger partial charge in [-0.15, -0.1) is 12.4 Å². The van der Waals surface area contributed by atoms with Gasteiger partial charge in [-0.1, -0.05) is 20.8 Å². The lowest BCUT2D eigenvalue weighted by Gasteiger charge is -2.30. The van der Waals surface area contributed by atoms with Crippen LogP contribution < -0.4 is 10.0 Å². The molecule has 0 amide bonds. The monoisotopic (exact) mass is 284 g/mol. The van der Waals surface area contributed by atoms with Crippen molar-refractivity contribution in [1.29, 1.82) is 0 Å². The number of nitrogens with one attached hydrogen (secondary N) is 2. The Bertz CT molecular complexity index is 307. The van der Waals surface area contributed by atoms with Crippen molar-refractivity contribution in [2.24, 2.45) is 11.8 Å². The second kappa shape index (κ2) is 7.56. The molecule has 0 aliphatic carbocycles. The number of piperidine rings is 1. The number of halogens is 1. The maximum absolute atomic E-state index is 11.8. The summed E-state index contributed by atoms with van der Waals surface area (Å²) in [5.41, 5.74) is 0. The molecule has 1 aliphatic heterocycles. The molecular formula is C11H25ClN2O2S. The highest BCUT2D eigenvalue weighted by Crippen LogP contribution is 2.12. The predicted octanol–water partition coefficient (Wildman–Crippen LogP) is 1.37. The van der Waals surface area contributed by atoms with Crippen LogP contribution in [0.3, 0.4) is 0 Å². The van der Waals surface area contributed by atoms with Crippen LogP contribution in [-0.2, 0) is 10.0 Å². The van der Waals surface area contributed by atoms with E-state index in [4.69, 9.17) is 0 Å². The van der Waals surface area contributed by atoms with Gasteiger partial charge < -0.3 is 5.32 Å². The standard InChI is InChI=1S/C11H24N2O2S.ClH/c1-9(2)5-7-16(14,15)13-11-4-6-12-8-10(11)3;/h9-13H,4-8H2,1-3H3;1H. The summed E-state index contributed by atoms with van der Waals surface area (Å²) in [5, 5.41) is 3.27. The van der Waals surface area contributed by atoms with Crippen LogP contribution in [0.2, 0.25) is 0 Å². The van der Waals surface area contributed by atoms with Crippen molar-refractivity contribution >= 4 is 22.4 Å². The summed E-state index contributed by atoms with van der Waals surface area (Å²) >= 11 is 0. The molecule has 1 heterocycles. The van der Waals surface area contributed by atoms with Crippen molar-refractivity contribution in [3.05, 3.63) is 0 Å². The van der Waals surface area contributed by atoms with Crippen molar-refractivity contribution in [3.63, 3.8) is 0 Å². The number of hydrogen-bond donors (Lipinski definition) is 2. The molecule has 0 radical (unpaired) electrons. The third kappa shape index (κ3) is 6.60. The predicted molar refractivity (Wildman–Crippen MR) is 74.1 cm³/mol. The minimum absolute atomic E-state index is 0. The van der Waals surface area contributed by atoms with Crippen molar-refractivity contribution < 1.29 is 8.42 Å². The molecule has 2 N–H and O–H groups in total. The van der Waals surface area contributed by atoms with Gasteiger partial charge in [0, 0.05) is 6.04 Å². The van der Waals surface area contributed by atoms with Gasteiger partial charge in [-0.2, -0.15) is 0 Å². The molecular weight excluding hydrogens is 260 g/mol. The maximum Gasteiger partial charge on any atom is 0.211 e. The quantitative estimate of drug-likeness (QED) is 0.802. The smallest absolute Gasteiger partial charge is 0.211 e. The lowest BCUT2D eigenvalue weighted by Crippen LogP contribution is -2.48. The van der Waals surface area contributed by atoms with Gasteiger partial charge >= 0.3 is 0 Å². The van der Waals surface area contributed by atoms with Crippen molar-refractivity contribution in [2.45, 2.75) is 39.7 Å². The molecule has 0 bridgehead atoms. The summed E-state index contributed by atoms with van der Waals surface area (Å²) in [7, 11) is -3.09. The van der Waals surface area contributed by atoms with Gasteiger partial charge in [0.05, 0.1) is 5.75 Å². The van der Waals surface area contributed by atoms with Gasteiger partial charge in [-0.25, -0.2) is 13.1 Å². The van der Waals surface area contributed by atoms with E-state index in [2.05, 4.69) is 17.0 Å². The highest BCUT2D eigenvalue weighted by atomic mass is 35.5. The molecule has 0 spiro atoms. The summed E-state index contributed by atoms with van der Waals surface area (Å²) in [4.78, 5) is 0. The average Bonchev–Trinajstić information content (AvgIpc) is 2.19. The van der Waals surface area contributed by atoms with Crippen LogP contribution in [0.25, 0.3) is 0 Å². The van der Waals surface area contributed by atoms with E-state index in [-0.39, 0.29) is 24.2 Å². The van der Waals surface area contributed by atoms with Gasteiger partial charge in [0.2, 0.25) is 10.0 Å². The fourth-order valence-corrected chi connectivity index (χ4v) is 3.58. The Balaban J connectivity index is 0.00000256. The summed E-state index contributed by atoms with van der Waals surface area (Å²) in [5.74, 6) is 1.06. The highest BCUT2D eigenvalue weighted by molar-refractivity contribution is 7.89. The van der Waals surface area contributed by atoms with Crippen LogP contribution >= 0.6 is 12.4 Å². The van der Waals surface area contributed by atoms with Crippen molar-refractivity contribution in [3.8, 4) is 0 Å². The largest absolute Gasteiger partial charge is 0.316 e. The van der Waals surface area contributed by atoms with E-state index in [1.54, 1.807) is 0 Å². The minimum Gasteiger partial charge on any atom is -0.316 e. The molecule has 0 aromatic heterocycles. The van der Waals surface area contributed by atoms with Crippen molar-refractivity contribution in [2.75, 3.05) is 18.8 Å². The van der Waals surface area contributed by atoms with E-state index in [9.17, 15) is 8.42 Å². The van der Waals surface area contributed by atoms with Gasteiger partial charge in [-0.3, -0.25) is 0 Å². The lowest BCUT2D eigenvalue weighted by molar-refractivity contribution is 0.327. The summed E-state index contributed by atoms with van der Waals surface area (Å²) < 4.78 is 26.5. The Morgan fingerprint density at radius 1 is 1.41 bits per heavy atom. The Labute approximate surface area is 111 Å².